The molecule has 4 nitrogen and oxygen atoms in total. The second-order valence-electron chi connectivity index (χ2n) is 1.67. The Hall–Kier alpha value is -0.450. The van der Waals surface area contributed by atoms with Crippen molar-refractivity contribution >= 4 is 40.5 Å². The van der Waals surface area contributed by atoms with Gasteiger partial charge < -0.3 is 4.98 Å². The molecule has 1 aromatic rings. The van der Waals surface area contributed by atoms with Gasteiger partial charge in [0.15, 0.2) is 10.2 Å². The van der Waals surface area contributed by atoms with Crippen molar-refractivity contribution in [2.75, 3.05) is 0 Å². The number of nitrogens with one attached hydrogen (secondary N) is 1. The van der Waals surface area contributed by atoms with Crippen LogP contribution in [0, 0.1) is 10.1 Å². The van der Waals surface area contributed by atoms with Crippen molar-refractivity contribution in [2.24, 2.45) is 0 Å². The Morgan fingerprint density at radius 3 is 2.00 bits per heavy atom. The van der Waals surface area contributed by atoms with Gasteiger partial charge in [-0.3, -0.25) is 10.1 Å². The van der Waals surface area contributed by atoms with E-state index in [0.717, 1.165) is 0 Å². The number of H-pyrrole nitrogens is 1. The maximum Gasteiger partial charge on any atom is 0.325 e. The van der Waals surface area contributed by atoms with E-state index >= 15 is 0 Å². The molecule has 0 saturated carbocycles. The second kappa shape index (κ2) is 2.89. The van der Waals surface area contributed by atoms with Crippen molar-refractivity contribution < 1.29 is 4.92 Å². The fourth-order valence-electron chi connectivity index (χ4n) is 0.571. The Morgan fingerprint density at radius 2 is 1.82 bits per heavy atom. The Kier molecular flexibility index (Phi) is 2.27. The van der Waals surface area contributed by atoms with Gasteiger partial charge in [0.05, 0.1) is 4.92 Å². The van der Waals surface area contributed by atoms with E-state index in [4.69, 9.17) is 34.8 Å². The van der Waals surface area contributed by atoms with Gasteiger partial charge in [0, 0.05) is 0 Å². The number of halogens is 3. The van der Waals surface area contributed by atoms with Gasteiger partial charge in [0.1, 0.15) is 5.15 Å². The molecule has 0 atom stereocenters. The number of aromatic amines is 1. The SMILES string of the molecule is O=[N+]([O-])c1c(Cl)[nH]c(Cl)c1Cl. The zero-order valence-electron chi connectivity index (χ0n) is 4.90. The minimum Gasteiger partial charge on any atom is -0.330 e. The van der Waals surface area contributed by atoms with Gasteiger partial charge >= 0.3 is 5.69 Å². The fourth-order valence-corrected chi connectivity index (χ4v) is 1.32. The standard InChI is InChI=1S/C4HCl3N2O2/c5-1-2(9(10)11)4(7)8-3(1)6/h8H. The summed E-state index contributed by atoms with van der Waals surface area (Å²) in [4.78, 5) is 11.8. The smallest absolute Gasteiger partial charge is 0.325 e. The Labute approximate surface area is 76.2 Å². The number of hydrogen-bond donors (Lipinski definition) is 1. The average Bonchev–Trinajstić information content (AvgIpc) is 2.07. The van der Waals surface area contributed by atoms with Crippen molar-refractivity contribution in [3.05, 3.63) is 25.4 Å². The van der Waals surface area contributed by atoms with Crippen LogP contribution >= 0.6 is 34.8 Å². The quantitative estimate of drug-likeness (QED) is 0.578. The highest BCUT2D eigenvalue weighted by molar-refractivity contribution is 6.45. The van der Waals surface area contributed by atoms with E-state index < -0.39 is 10.6 Å². The third-order valence-corrected chi connectivity index (χ3v) is 2.03. The van der Waals surface area contributed by atoms with E-state index in [9.17, 15) is 10.1 Å². The minimum absolute atomic E-state index is 0.0247. The molecule has 1 N–H and O–H groups in total. The molecule has 7 heteroatoms. The van der Waals surface area contributed by atoms with E-state index in [1.807, 2.05) is 0 Å². The first kappa shape index (κ1) is 8.64. The maximum absolute atomic E-state index is 10.2. The molecule has 60 valence electrons. The van der Waals surface area contributed by atoms with Crippen LogP contribution in [-0.4, -0.2) is 9.91 Å². The molecular formula is C4HCl3N2O2. The molecule has 11 heavy (non-hydrogen) atoms. The molecule has 0 bridgehead atoms. The van der Waals surface area contributed by atoms with Crippen LogP contribution in [0.2, 0.25) is 15.3 Å². The first-order chi connectivity index (χ1) is 5.04. The molecule has 0 aliphatic rings. The lowest BCUT2D eigenvalue weighted by Crippen LogP contribution is -1.85. The highest BCUT2D eigenvalue weighted by Gasteiger charge is 2.23. The van der Waals surface area contributed by atoms with Crippen LogP contribution < -0.4 is 0 Å². The highest BCUT2D eigenvalue weighted by Crippen LogP contribution is 2.37. The van der Waals surface area contributed by atoms with Crippen LogP contribution in [0.1, 0.15) is 0 Å². The summed E-state index contributed by atoms with van der Waals surface area (Å²) < 4.78 is 0. The number of nitrogens with zero attached hydrogens (tertiary/aromatic N) is 1. The zero-order valence-corrected chi connectivity index (χ0v) is 7.17. The highest BCUT2D eigenvalue weighted by atomic mass is 35.5. The molecule has 0 fully saturated rings. The van der Waals surface area contributed by atoms with Crippen LogP contribution in [0.4, 0.5) is 5.69 Å². The Balaban J connectivity index is 3.34. The molecule has 0 unspecified atom stereocenters. The van der Waals surface area contributed by atoms with Crippen LogP contribution in [0.15, 0.2) is 0 Å². The molecule has 0 spiro atoms. The van der Waals surface area contributed by atoms with Gasteiger partial charge in [-0.05, 0) is 0 Å². The van der Waals surface area contributed by atoms with E-state index in [1.165, 1.54) is 0 Å². The monoisotopic (exact) mass is 214 g/mol. The molecule has 1 heterocycles. The summed E-state index contributed by atoms with van der Waals surface area (Å²) >= 11 is 16.2. The summed E-state index contributed by atoms with van der Waals surface area (Å²) in [5.74, 6) is 0. The van der Waals surface area contributed by atoms with E-state index in [0.29, 0.717) is 0 Å². The molecule has 0 saturated heterocycles. The van der Waals surface area contributed by atoms with Gasteiger partial charge in [-0.2, -0.15) is 0 Å². The van der Waals surface area contributed by atoms with Crippen LogP contribution in [-0.2, 0) is 0 Å². The largest absolute Gasteiger partial charge is 0.330 e. The van der Waals surface area contributed by atoms with Gasteiger partial charge in [0.25, 0.3) is 0 Å². The normalized spacial score (nSPS) is 10.1. The first-order valence-electron chi connectivity index (χ1n) is 2.41. The molecule has 0 aromatic carbocycles. The molecule has 1 rings (SSSR count). The average molecular weight is 215 g/mol. The lowest BCUT2D eigenvalue weighted by atomic mass is 10.5. The second-order valence-corrected chi connectivity index (χ2v) is 2.81. The minimum atomic E-state index is -0.701. The Morgan fingerprint density at radius 1 is 1.27 bits per heavy atom. The predicted molar refractivity (Wildman–Crippen MR) is 42.5 cm³/mol. The first-order valence-corrected chi connectivity index (χ1v) is 3.54. The summed E-state index contributed by atoms with van der Waals surface area (Å²) in [5, 5.41) is 9.86. The lowest BCUT2D eigenvalue weighted by Gasteiger charge is -1.85. The molecule has 0 aliphatic heterocycles. The molecular weight excluding hydrogens is 214 g/mol. The topological polar surface area (TPSA) is 58.9 Å². The van der Waals surface area contributed by atoms with Crippen molar-refractivity contribution in [1.29, 1.82) is 0 Å². The van der Waals surface area contributed by atoms with Crippen LogP contribution in [0.3, 0.4) is 0 Å². The fraction of sp³-hybridized carbons (Fsp3) is 0. The summed E-state index contributed by atoms with van der Waals surface area (Å²) in [5.41, 5.74) is -0.390. The number of rotatable bonds is 1. The van der Waals surface area contributed by atoms with Gasteiger partial charge in [-0.25, -0.2) is 0 Å². The molecule has 0 radical (unpaired) electrons. The lowest BCUT2D eigenvalue weighted by molar-refractivity contribution is -0.384. The van der Waals surface area contributed by atoms with Crippen molar-refractivity contribution in [3.8, 4) is 0 Å². The summed E-state index contributed by atoms with van der Waals surface area (Å²) in [7, 11) is 0. The predicted octanol–water partition coefficient (Wildman–Crippen LogP) is 2.88. The maximum atomic E-state index is 10.2. The van der Waals surface area contributed by atoms with Gasteiger partial charge in [-0.1, -0.05) is 34.8 Å². The van der Waals surface area contributed by atoms with Gasteiger partial charge in [0.2, 0.25) is 0 Å². The third kappa shape index (κ3) is 1.42. The number of aromatic nitrogens is 1. The molecule has 0 aliphatic carbocycles. The van der Waals surface area contributed by atoms with Gasteiger partial charge in [-0.15, -0.1) is 0 Å². The van der Waals surface area contributed by atoms with Crippen LogP contribution in [0.25, 0.3) is 0 Å². The molecule has 0 amide bonds. The van der Waals surface area contributed by atoms with Crippen LogP contribution in [0.5, 0.6) is 0 Å². The van der Waals surface area contributed by atoms with E-state index in [2.05, 4.69) is 4.98 Å². The van der Waals surface area contributed by atoms with E-state index in [-0.39, 0.29) is 15.3 Å². The Bertz CT molecular complexity index is 309. The third-order valence-electron chi connectivity index (χ3n) is 1.01. The summed E-state index contributed by atoms with van der Waals surface area (Å²) in [6, 6.07) is 0. The zero-order chi connectivity index (χ0) is 8.59. The molecule has 1 aromatic heterocycles. The summed E-state index contributed by atoms with van der Waals surface area (Å²) in [6.07, 6.45) is 0. The summed E-state index contributed by atoms with van der Waals surface area (Å²) in [6.45, 7) is 0. The van der Waals surface area contributed by atoms with Crippen molar-refractivity contribution in [1.82, 2.24) is 4.98 Å². The van der Waals surface area contributed by atoms with Crippen molar-refractivity contribution in [2.45, 2.75) is 0 Å². The van der Waals surface area contributed by atoms with Crippen molar-refractivity contribution in [3.63, 3.8) is 0 Å². The number of hydrogen-bond acceptors (Lipinski definition) is 2. The van der Waals surface area contributed by atoms with E-state index in [1.54, 1.807) is 0 Å². The number of nitro groups is 1.